The van der Waals surface area contributed by atoms with E-state index in [4.69, 9.17) is 0 Å². The molecule has 4 aromatic rings. The molecule has 2 aromatic heterocycles. The molecule has 0 unspecified atom stereocenters. The van der Waals surface area contributed by atoms with Crippen LogP contribution in [-0.4, -0.2) is 35.8 Å². The van der Waals surface area contributed by atoms with Crippen LogP contribution >= 0.6 is 23.1 Å². The summed E-state index contributed by atoms with van der Waals surface area (Å²) in [6.45, 7) is 0. The molecule has 0 spiro atoms. The van der Waals surface area contributed by atoms with Gasteiger partial charge in [0.05, 0.1) is 10.6 Å². The lowest BCUT2D eigenvalue weighted by Gasteiger charge is -2.07. The molecule has 0 radical (unpaired) electrons. The molecule has 2 heterocycles. The molecule has 0 saturated carbocycles. The highest BCUT2D eigenvalue weighted by atomic mass is 32.2. The highest BCUT2D eigenvalue weighted by molar-refractivity contribution is 8.00. The molecule has 0 bridgehead atoms. The Morgan fingerprint density at radius 1 is 1.06 bits per heavy atom. The topological polar surface area (TPSA) is 89.0 Å². The number of alkyl halides is 2. The number of fused-ring (bicyclic) bond motifs is 1. The zero-order valence-electron chi connectivity index (χ0n) is 16.2. The molecule has 11 heteroatoms. The van der Waals surface area contributed by atoms with Crippen molar-refractivity contribution in [1.82, 2.24) is 9.97 Å². The number of sulfone groups is 1. The fraction of sp³-hybridized carbons (Fsp3) is 0.0952. The Balaban J connectivity index is 1.44. The molecule has 2 aromatic carbocycles. The van der Waals surface area contributed by atoms with Crippen LogP contribution < -0.4 is 5.32 Å². The van der Waals surface area contributed by atoms with Gasteiger partial charge in [-0.1, -0.05) is 42.1 Å². The lowest BCUT2D eigenvalue weighted by molar-refractivity contribution is -0.113. The molecule has 0 saturated heterocycles. The van der Waals surface area contributed by atoms with Crippen LogP contribution in [0, 0.1) is 0 Å². The van der Waals surface area contributed by atoms with Gasteiger partial charge in [0.2, 0.25) is 15.7 Å². The van der Waals surface area contributed by atoms with E-state index >= 15 is 0 Å². The lowest BCUT2D eigenvalue weighted by Crippen LogP contribution is -2.15. The van der Waals surface area contributed by atoms with Crippen molar-refractivity contribution in [2.24, 2.45) is 0 Å². The summed E-state index contributed by atoms with van der Waals surface area (Å²) in [7, 11) is -4.67. The van der Waals surface area contributed by atoms with Gasteiger partial charge in [-0.2, -0.15) is 8.78 Å². The Morgan fingerprint density at radius 3 is 2.47 bits per heavy atom. The Bertz CT molecular complexity index is 1360. The molecule has 32 heavy (non-hydrogen) atoms. The number of carbonyl (C=O) groups is 1. The van der Waals surface area contributed by atoms with E-state index in [-0.39, 0.29) is 11.7 Å². The molecular formula is C21H15F2N3O3S3. The largest absolute Gasteiger partial charge is 0.341 e. The van der Waals surface area contributed by atoms with Crippen molar-refractivity contribution in [3.05, 3.63) is 67.0 Å². The van der Waals surface area contributed by atoms with Crippen molar-refractivity contribution in [3.63, 3.8) is 0 Å². The summed E-state index contributed by atoms with van der Waals surface area (Å²) in [5, 5.41) is 4.14. The van der Waals surface area contributed by atoms with Crippen LogP contribution in [0.5, 0.6) is 0 Å². The number of hydrogen-bond acceptors (Lipinski definition) is 7. The first kappa shape index (κ1) is 22.3. The quantitative estimate of drug-likeness (QED) is 0.286. The summed E-state index contributed by atoms with van der Waals surface area (Å²) >= 11 is 2.78. The van der Waals surface area contributed by atoms with Gasteiger partial charge in [-0.25, -0.2) is 18.4 Å². The van der Waals surface area contributed by atoms with Gasteiger partial charge in [0, 0.05) is 16.0 Å². The number of nitrogens with zero attached hydrogens (tertiary/aromatic N) is 2. The molecule has 0 atom stereocenters. The third-order valence-electron chi connectivity index (χ3n) is 4.39. The van der Waals surface area contributed by atoms with Gasteiger partial charge in [-0.3, -0.25) is 4.79 Å². The minimum atomic E-state index is -4.67. The van der Waals surface area contributed by atoms with Gasteiger partial charge in [-0.05, 0) is 35.9 Å². The van der Waals surface area contributed by atoms with Gasteiger partial charge in [0.1, 0.15) is 16.2 Å². The van der Waals surface area contributed by atoms with E-state index in [1.807, 2.05) is 36.4 Å². The number of thiophene rings is 1. The number of nitrogens with one attached hydrogen (secondary N) is 1. The Kier molecular flexibility index (Phi) is 6.49. The van der Waals surface area contributed by atoms with E-state index < -0.39 is 20.5 Å². The maximum absolute atomic E-state index is 12.6. The van der Waals surface area contributed by atoms with Crippen LogP contribution in [0.1, 0.15) is 0 Å². The fourth-order valence-corrected chi connectivity index (χ4v) is 5.42. The normalized spacial score (nSPS) is 11.7. The predicted molar refractivity (Wildman–Crippen MR) is 122 cm³/mol. The first-order chi connectivity index (χ1) is 15.3. The first-order valence-corrected chi connectivity index (χ1v) is 12.5. The van der Waals surface area contributed by atoms with Crippen molar-refractivity contribution in [3.8, 4) is 10.4 Å². The average Bonchev–Trinajstić information content (AvgIpc) is 3.23. The average molecular weight is 492 g/mol. The third-order valence-corrected chi connectivity index (χ3v) is 7.89. The molecule has 0 aliphatic carbocycles. The van der Waals surface area contributed by atoms with Crippen LogP contribution in [0.4, 0.5) is 14.5 Å². The minimum absolute atomic E-state index is 0.0553. The van der Waals surface area contributed by atoms with E-state index in [2.05, 4.69) is 15.3 Å². The lowest BCUT2D eigenvalue weighted by atomic mass is 10.2. The maximum Gasteiger partial charge on any atom is 0.341 e. The van der Waals surface area contributed by atoms with Crippen molar-refractivity contribution >= 4 is 54.7 Å². The van der Waals surface area contributed by atoms with Gasteiger partial charge in [-0.15, -0.1) is 11.3 Å². The molecule has 4 rings (SSSR count). The van der Waals surface area contributed by atoms with E-state index in [1.165, 1.54) is 41.6 Å². The number of amides is 1. The smallest absolute Gasteiger partial charge is 0.325 e. The fourth-order valence-electron chi connectivity index (χ4n) is 2.86. The van der Waals surface area contributed by atoms with E-state index in [0.717, 1.165) is 32.8 Å². The summed E-state index contributed by atoms with van der Waals surface area (Å²) in [4.78, 5) is 22.3. The van der Waals surface area contributed by atoms with Crippen LogP contribution in [0.15, 0.2) is 76.9 Å². The van der Waals surface area contributed by atoms with Crippen LogP contribution in [0.3, 0.4) is 0 Å². The van der Waals surface area contributed by atoms with Crippen LogP contribution in [-0.2, 0) is 14.6 Å². The molecule has 1 N–H and O–H groups in total. The maximum atomic E-state index is 12.6. The molecule has 6 nitrogen and oxygen atoms in total. The Labute approximate surface area is 190 Å². The second-order valence-corrected chi connectivity index (χ2v) is 10.5. The number of rotatable bonds is 7. The van der Waals surface area contributed by atoms with Gasteiger partial charge in [0.25, 0.3) is 0 Å². The van der Waals surface area contributed by atoms with Gasteiger partial charge >= 0.3 is 5.76 Å². The summed E-state index contributed by atoms with van der Waals surface area (Å²) in [5.41, 5.74) is 1.38. The second-order valence-electron chi connectivity index (χ2n) is 6.54. The SMILES string of the molecule is O=C(CSc1ncnc2sc(-c3ccccc3)cc12)Nc1ccc(S(=O)(=O)C(F)F)cc1. The highest BCUT2D eigenvalue weighted by Crippen LogP contribution is 2.36. The second kappa shape index (κ2) is 9.31. The third kappa shape index (κ3) is 4.79. The van der Waals surface area contributed by atoms with Crippen molar-refractivity contribution in [2.45, 2.75) is 15.7 Å². The van der Waals surface area contributed by atoms with Crippen LogP contribution in [0.2, 0.25) is 0 Å². The van der Waals surface area contributed by atoms with Crippen molar-refractivity contribution in [1.29, 1.82) is 0 Å². The number of halogens is 2. The predicted octanol–water partition coefficient (Wildman–Crippen LogP) is 5.09. The molecule has 0 aliphatic rings. The minimum Gasteiger partial charge on any atom is -0.325 e. The Hall–Kier alpha value is -2.89. The summed E-state index contributed by atoms with van der Waals surface area (Å²) in [6.07, 6.45) is 1.45. The molecule has 0 fully saturated rings. The molecule has 1 amide bonds. The molecular weight excluding hydrogens is 476 g/mol. The summed E-state index contributed by atoms with van der Waals surface area (Å²) in [6, 6.07) is 16.5. The van der Waals surface area contributed by atoms with Crippen molar-refractivity contribution in [2.75, 3.05) is 11.1 Å². The first-order valence-electron chi connectivity index (χ1n) is 9.19. The standard InChI is InChI=1S/C21H15F2N3O3S3/c22-21(23)32(28,29)15-8-6-14(7-9-15)26-18(27)11-30-19-16-10-17(13-4-2-1-3-5-13)31-20(16)25-12-24-19/h1-10,12,21H,11H2,(H,26,27). The number of carbonyl (C=O) groups excluding carboxylic acids is 1. The number of anilines is 1. The molecule has 0 aliphatic heterocycles. The number of thioether (sulfide) groups is 1. The number of benzene rings is 2. The zero-order chi connectivity index (χ0) is 22.7. The van der Waals surface area contributed by atoms with Crippen molar-refractivity contribution < 1.29 is 22.0 Å². The molecule has 164 valence electrons. The number of aromatic nitrogens is 2. The number of hydrogen-bond donors (Lipinski definition) is 1. The van der Waals surface area contributed by atoms with E-state index in [0.29, 0.717) is 10.7 Å². The highest BCUT2D eigenvalue weighted by Gasteiger charge is 2.26. The van der Waals surface area contributed by atoms with Gasteiger partial charge < -0.3 is 5.32 Å². The van der Waals surface area contributed by atoms with E-state index in [1.54, 1.807) is 0 Å². The summed E-state index contributed by atoms with van der Waals surface area (Å²) in [5.74, 6) is -3.78. The monoisotopic (exact) mass is 491 g/mol. The zero-order valence-corrected chi connectivity index (χ0v) is 18.7. The summed E-state index contributed by atoms with van der Waals surface area (Å²) < 4.78 is 48.2. The van der Waals surface area contributed by atoms with E-state index in [9.17, 15) is 22.0 Å². The van der Waals surface area contributed by atoms with Crippen LogP contribution in [0.25, 0.3) is 20.7 Å². The van der Waals surface area contributed by atoms with Gasteiger partial charge in [0.15, 0.2) is 0 Å². The Morgan fingerprint density at radius 2 is 1.78 bits per heavy atom.